The number of hydrogen-bond donors (Lipinski definition) is 1. The first-order chi connectivity index (χ1) is 21.0. The van der Waals surface area contributed by atoms with Gasteiger partial charge in [-0.25, -0.2) is 9.78 Å². The van der Waals surface area contributed by atoms with Crippen LogP contribution in [-0.4, -0.2) is 43.2 Å². The summed E-state index contributed by atoms with van der Waals surface area (Å²) in [5, 5.41) is 3.81. The number of thiazole rings is 1. The normalized spacial score (nSPS) is 11.5. The molecule has 1 N–H and O–H groups in total. The molecule has 0 aliphatic carbocycles. The number of hydrogen-bond acceptors (Lipinski definition) is 8. The number of rotatable bonds is 13. The fraction of sp³-hybridized carbons (Fsp3) is 0.206. The summed E-state index contributed by atoms with van der Waals surface area (Å²) in [4.78, 5) is 29.9. The van der Waals surface area contributed by atoms with Gasteiger partial charge in [0.2, 0.25) is 0 Å². The molecule has 0 fully saturated rings. The summed E-state index contributed by atoms with van der Waals surface area (Å²) in [5.74, 6) is 1.14. The molecular weight excluding hydrogens is 564 g/mol. The number of carbonyl (C=O) groups excluding carboxylic acids is 2. The van der Waals surface area contributed by atoms with Gasteiger partial charge in [-0.15, -0.1) is 11.3 Å². The summed E-state index contributed by atoms with van der Waals surface area (Å²) in [6.07, 6.45) is 0.271. The van der Waals surface area contributed by atoms with Crippen molar-refractivity contribution in [3.8, 4) is 17.2 Å². The minimum atomic E-state index is -0.853. The maximum Gasteiger partial charge on any atom is 0.328 e. The van der Waals surface area contributed by atoms with Crippen LogP contribution in [0.2, 0.25) is 0 Å². The number of esters is 1. The molecule has 220 valence electrons. The van der Waals surface area contributed by atoms with Crippen LogP contribution in [0.3, 0.4) is 0 Å². The van der Waals surface area contributed by atoms with E-state index >= 15 is 0 Å². The van der Waals surface area contributed by atoms with Crippen molar-refractivity contribution in [2.24, 2.45) is 0 Å². The number of methoxy groups -OCH3 is 1. The molecule has 5 aromatic rings. The third kappa shape index (κ3) is 8.33. The summed E-state index contributed by atoms with van der Waals surface area (Å²) in [6, 6.07) is 29.0. The Bertz CT molecular complexity index is 1650. The predicted molar refractivity (Wildman–Crippen MR) is 166 cm³/mol. The summed E-state index contributed by atoms with van der Waals surface area (Å²) in [7, 11) is 1.30. The van der Waals surface area contributed by atoms with Gasteiger partial charge in [0, 0.05) is 18.1 Å². The van der Waals surface area contributed by atoms with Gasteiger partial charge in [-0.3, -0.25) is 4.79 Å². The van der Waals surface area contributed by atoms with E-state index in [9.17, 15) is 9.59 Å². The first-order valence-corrected chi connectivity index (χ1v) is 14.7. The van der Waals surface area contributed by atoms with Crippen LogP contribution in [-0.2, 0) is 22.6 Å². The Labute approximate surface area is 254 Å². The van der Waals surface area contributed by atoms with Crippen LogP contribution < -0.4 is 19.5 Å². The van der Waals surface area contributed by atoms with Gasteiger partial charge in [0.05, 0.1) is 22.3 Å². The molecule has 0 saturated heterocycles. The molecule has 1 amide bonds. The van der Waals surface area contributed by atoms with Crippen molar-refractivity contribution < 1.29 is 28.5 Å². The first kappa shape index (κ1) is 29.6. The molecule has 8 nitrogen and oxygen atoms in total. The highest BCUT2D eigenvalue weighted by molar-refractivity contribution is 7.18. The van der Waals surface area contributed by atoms with E-state index in [1.165, 1.54) is 7.11 Å². The number of fused-ring (bicyclic) bond motifs is 1. The SMILES string of the molecule is COC(=O)C(Cc1ccc(OCc2ccccc2)cc1)NC(=O)c1ccc(OCCOc2ccc3sc(C)nc3c2)cc1. The molecular formula is C34H32N2O6S. The molecule has 4 aromatic carbocycles. The Hall–Kier alpha value is -4.89. The lowest BCUT2D eigenvalue weighted by molar-refractivity contribution is -0.142. The lowest BCUT2D eigenvalue weighted by Gasteiger charge is -2.17. The van der Waals surface area contributed by atoms with Crippen molar-refractivity contribution in [1.29, 1.82) is 0 Å². The highest BCUT2D eigenvalue weighted by Gasteiger charge is 2.23. The quantitative estimate of drug-likeness (QED) is 0.129. The zero-order valence-corrected chi connectivity index (χ0v) is 24.8. The molecule has 0 aliphatic heterocycles. The number of carbonyl (C=O) groups is 2. The van der Waals surface area contributed by atoms with Crippen molar-refractivity contribution in [2.45, 2.75) is 26.0 Å². The van der Waals surface area contributed by atoms with E-state index < -0.39 is 12.0 Å². The molecule has 5 rings (SSSR count). The fourth-order valence-corrected chi connectivity index (χ4v) is 5.22. The molecule has 0 spiro atoms. The van der Waals surface area contributed by atoms with Crippen molar-refractivity contribution in [1.82, 2.24) is 10.3 Å². The molecule has 9 heteroatoms. The van der Waals surface area contributed by atoms with Crippen molar-refractivity contribution in [2.75, 3.05) is 20.3 Å². The highest BCUT2D eigenvalue weighted by Crippen LogP contribution is 2.25. The Morgan fingerprint density at radius 1 is 0.791 bits per heavy atom. The average molecular weight is 597 g/mol. The van der Waals surface area contributed by atoms with E-state index in [2.05, 4.69) is 10.3 Å². The van der Waals surface area contributed by atoms with E-state index in [1.54, 1.807) is 35.6 Å². The van der Waals surface area contributed by atoms with Crippen molar-refractivity contribution >= 4 is 33.4 Å². The minimum Gasteiger partial charge on any atom is -0.490 e. The van der Waals surface area contributed by atoms with Gasteiger partial charge < -0.3 is 24.3 Å². The minimum absolute atomic E-state index is 0.271. The third-order valence-electron chi connectivity index (χ3n) is 6.61. The number of aromatic nitrogens is 1. The summed E-state index contributed by atoms with van der Waals surface area (Å²) >= 11 is 1.65. The zero-order chi connectivity index (χ0) is 30.0. The molecule has 43 heavy (non-hydrogen) atoms. The van der Waals surface area contributed by atoms with E-state index in [1.807, 2.05) is 79.7 Å². The molecule has 1 heterocycles. The third-order valence-corrected chi connectivity index (χ3v) is 7.56. The molecule has 1 unspecified atom stereocenters. The van der Waals surface area contributed by atoms with Crippen LogP contribution >= 0.6 is 11.3 Å². The second kappa shape index (κ2) is 14.3. The van der Waals surface area contributed by atoms with Crippen LogP contribution in [0.25, 0.3) is 10.2 Å². The van der Waals surface area contributed by atoms with E-state index in [0.29, 0.717) is 36.9 Å². The smallest absolute Gasteiger partial charge is 0.328 e. The fourth-order valence-electron chi connectivity index (χ4n) is 4.41. The maximum atomic E-state index is 13.0. The van der Waals surface area contributed by atoms with Crippen molar-refractivity contribution in [3.63, 3.8) is 0 Å². The Kier molecular flexibility index (Phi) is 9.86. The topological polar surface area (TPSA) is 96.0 Å². The summed E-state index contributed by atoms with van der Waals surface area (Å²) < 4.78 is 23.5. The Morgan fingerprint density at radius 2 is 1.44 bits per heavy atom. The second-order valence-corrected chi connectivity index (χ2v) is 11.0. The first-order valence-electron chi connectivity index (χ1n) is 13.8. The van der Waals surface area contributed by atoms with E-state index in [0.717, 1.165) is 32.1 Å². The highest BCUT2D eigenvalue weighted by atomic mass is 32.1. The standard InChI is InChI=1S/C34H32N2O6S/c1-23-35-30-21-29(16-17-32(30)43-23)41-19-18-40-27-14-10-26(11-15-27)33(37)36-31(34(38)39-2)20-24-8-12-28(13-9-24)42-22-25-6-4-3-5-7-25/h3-17,21,31H,18-20,22H2,1-2H3,(H,36,37). The van der Waals surface area contributed by atoms with Gasteiger partial charge in [-0.1, -0.05) is 42.5 Å². The van der Waals surface area contributed by atoms with E-state index in [-0.39, 0.29) is 12.3 Å². The van der Waals surface area contributed by atoms with Crippen LogP contribution in [0.15, 0.2) is 97.1 Å². The zero-order valence-electron chi connectivity index (χ0n) is 23.9. The lowest BCUT2D eigenvalue weighted by Crippen LogP contribution is -2.43. The summed E-state index contributed by atoms with van der Waals surface area (Å²) in [6.45, 7) is 3.14. The molecule has 0 radical (unpaired) electrons. The van der Waals surface area contributed by atoms with Gasteiger partial charge in [-0.2, -0.15) is 0 Å². The second-order valence-electron chi connectivity index (χ2n) is 9.76. The van der Waals surface area contributed by atoms with Gasteiger partial charge in [0.25, 0.3) is 5.91 Å². The molecule has 0 aliphatic rings. The maximum absolute atomic E-state index is 13.0. The van der Waals surface area contributed by atoms with Crippen LogP contribution in [0.4, 0.5) is 0 Å². The number of aryl methyl sites for hydroxylation is 1. The van der Waals surface area contributed by atoms with Crippen molar-refractivity contribution in [3.05, 3.63) is 119 Å². The predicted octanol–water partition coefficient (Wildman–Crippen LogP) is 6.16. The lowest BCUT2D eigenvalue weighted by atomic mass is 10.0. The molecule has 0 bridgehead atoms. The van der Waals surface area contributed by atoms with Gasteiger partial charge in [0.15, 0.2) is 0 Å². The molecule has 1 aromatic heterocycles. The van der Waals surface area contributed by atoms with Crippen LogP contribution in [0.1, 0.15) is 26.5 Å². The number of ether oxygens (including phenoxy) is 4. The average Bonchev–Trinajstić information content (AvgIpc) is 3.42. The number of nitrogens with zero attached hydrogens (tertiary/aromatic N) is 1. The number of amides is 1. The molecule has 1 atom stereocenters. The van der Waals surface area contributed by atoms with Gasteiger partial charge in [0.1, 0.15) is 43.1 Å². The van der Waals surface area contributed by atoms with Crippen LogP contribution in [0.5, 0.6) is 17.2 Å². The largest absolute Gasteiger partial charge is 0.490 e. The number of benzene rings is 4. The van der Waals surface area contributed by atoms with Gasteiger partial charge in [-0.05, 0) is 66.6 Å². The monoisotopic (exact) mass is 596 g/mol. The Morgan fingerprint density at radius 3 is 2.16 bits per heavy atom. The molecule has 0 saturated carbocycles. The van der Waals surface area contributed by atoms with E-state index in [4.69, 9.17) is 18.9 Å². The Balaban J connectivity index is 1.09. The van der Waals surface area contributed by atoms with Gasteiger partial charge >= 0.3 is 5.97 Å². The van der Waals surface area contributed by atoms with Crippen LogP contribution in [0, 0.1) is 6.92 Å². The number of nitrogens with one attached hydrogen (secondary N) is 1. The summed E-state index contributed by atoms with van der Waals surface area (Å²) in [5.41, 5.74) is 3.25.